The van der Waals surface area contributed by atoms with Gasteiger partial charge >= 0.3 is 27.0 Å². The van der Waals surface area contributed by atoms with Crippen LogP contribution in [0.1, 0.15) is 36.3 Å². The fourth-order valence-electron chi connectivity index (χ4n) is 7.02. The number of rotatable bonds is 11. The molecule has 5 heteroatoms. The Bertz CT molecular complexity index is 2020. The molecule has 0 radical (unpaired) electrons. The summed E-state index contributed by atoms with van der Waals surface area (Å²) < 4.78 is 0. The minimum Gasteiger partial charge on any atom is -0.0622 e. The summed E-state index contributed by atoms with van der Waals surface area (Å²) in [6.45, 7) is 4.78. The second-order valence-electron chi connectivity index (χ2n) is 13.4. The molecule has 8 rings (SSSR count). The minimum absolute atomic E-state index is 0.382. The first-order valence-corrected chi connectivity index (χ1v) is 25.5. The molecule has 0 aliphatic heterocycles. The Morgan fingerprint density at radius 1 is 0.351 bits per heavy atom. The molecule has 0 spiro atoms. The van der Waals surface area contributed by atoms with Gasteiger partial charge in [0, 0.05) is 0 Å². The maximum atomic E-state index is 4.57. The third-order valence-electron chi connectivity index (χ3n) is 9.75. The van der Waals surface area contributed by atoms with Gasteiger partial charge in [-0.25, -0.2) is 0 Å². The van der Waals surface area contributed by atoms with Gasteiger partial charge in [-0.05, 0) is 72.2 Å². The molecule has 0 N–H and O–H groups in total. The predicted molar refractivity (Wildman–Crippen MR) is 251 cm³/mol. The van der Waals surface area contributed by atoms with Crippen LogP contribution in [0.15, 0.2) is 231 Å². The van der Waals surface area contributed by atoms with Gasteiger partial charge in [-0.2, -0.15) is 24.3 Å². The van der Waals surface area contributed by atoms with Crippen LogP contribution in [0, 0.1) is 6.07 Å². The van der Waals surface area contributed by atoms with Gasteiger partial charge in [-0.1, -0.05) is 226 Å². The molecule has 57 heavy (non-hydrogen) atoms. The van der Waals surface area contributed by atoms with Crippen molar-refractivity contribution in [2.75, 3.05) is 0 Å². The van der Waals surface area contributed by atoms with Crippen LogP contribution in [0.2, 0.25) is 0 Å². The van der Waals surface area contributed by atoms with Gasteiger partial charge in [0.05, 0.1) is 0 Å². The largest absolute Gasteiger partial charge is 0.0622 e. The molecule has 8 aromatic rings. The Kier molecular flexibility index (Phi) is 17.0. The first-order chi connectivity index (χ1) is 28.2. The van der Waals surface area contributed by atoms with E-state index in [1.54, 1.807) is 0 Å². The van der Waals surface area contributed by atoms with E-state index in [2.05, 4.69) is 260 Å². The summed E-state index contributed by atoms with van der Waals surface area (Å²) in [5, 5.41) is 9.86. The molecule has 0 nitrogen and oxygen atoms in total. The third kappa shape index (κ3) is 11.6. The molecule has 0 aliphatic rings. The molecule has 0 saturated carbocycles. The molecular weight excluding hydrogens is 854 g/mol. The van der Waals surface area contributed by atoms with Crippen molar-refractivity contribution in [1.82, 2.24) is 0 Å². The van der Waals surface area contributed by atoms with E-state index in [0.717, 1.165) is 0 Å². The predicted octanol–water partition coefficient (Wildman–Crippen LogP) is 12.0. The summed E-state index contributed by atoms with van der Waals surface area (Å²) in [6, 6.07) is 86.8. The van der Waals surface area contributed by atoms with E-state index >= 15 is 0 Å². The summed E-state index contributed by atoms with van der Waals surface area (Å²) in [6.07, 6.45) is 0. The van der Waals surface area contributed by atoms with Crippen LogP contribution in [0.5, 0.6) is 0 Å². The SMILES string of the molecule is CC(c1c[c-]cc(C(C)P(c2ccccc2)c2ccccc2)c1)P(c1ccccc1)c1ccccc1.[Cl][Ru+].c1ccc(P(c2ccccc2)c2ccccc2)cc1. The van der Waals surface area contributed by atoms with Crippen LogP contribution in [0.3, 0.4) is 0 Å². The summed E-state index contributed by atoms with van der Waals surface area (Å²) in [5.74, 6) is 0. The van der Waals surface area contributed by atoms with Crippen LogP contribution < -0.4 is 37.1 Å². The molecule has 2 atom stereocenters. The molecule has 0 amide bonds. The second-order valence-corrected chi connectivity index (χ2v) is 20.7. The van der Waals surface area contributed by atoms with Crippen LogP contribution in [0.25, 0.3) is 0 Å². The zero-order valence-electron chi connectivity index (χ0n) is 32.2. The number of hydrogen-bond acceptors (Lipinski definition) is 0. The van der Waals surface area contributed by atoms with E-state index in [1.165, 1.54) is 48.3 Å². The first-order valence-electron chi connectivity index (χ1n) is 19.1. The molecule has 0 aliphatic carbocycles. The summed E-state index contributed by atoms with van der Waals surface area (Å²) >= 11 is 1.82. The molecule has 284 valence electrons. The molecule has 0 aromatic heterocycles. The van der Waals surface area contributed by atoms with Crippen molar-refractivity contribution in [1.29, 1.82) is 0 Å². The van der Waals surface area contributed by atoms with Crippen molar-refractivity contribution in [2.45, 2.75) is 25.2 Å². The topological polar surface area (TPSA) is 0 Å². The van der Waals surface area contributed by atoms with E-state index in [0.29, 0.717) is 11.3 Å². The zero-order chi connectivity index (χ0) is 39.7. The second kappa shape index (κ2) is 22.8. The Morgan fingerprint density at radius 2 is 0.561 bits per heavy atom. The van der Waals surface area contributed by atoms with Gasteiger partial charge in [-0.15, -0.1) is 11.1 Å². The molecule has 2 unspecified atom stereocenters. The fourth-order valence-corrected chi connectivity index (χ4v) is 14.6. The first kappa shape index (κ1) is 42.6. The van der Waals surface area contributed by atoms with Gasteiger partial charge in [0.15, 0.2) is 0 Å². The van der Waals surface area contributed by atoms with Crippen LogP contribution in [-0.2, 0) is 17.3 Å². The number of benzene rings is 8. The molecule has 0 bridgehead atoms. The minimum atomic E-state index is -0.538. The number of halogens is 1. The van der Waals surface area contributed by atoms with E-state index < -0.39 is 23.8 Å². The fraction of sp³-hybridized carbons (Fsp3) is 0.0769. The zero-order valence-corrected chi connectivity index (χ0v) is 37.3. The third-order valence-corrected chi connectivity index (χ3v) is 17.8. The summed E-state index contributed by atoms with van der Waals surface area (Å²) in [4.78, 5) is 0. The normalized spacial score (nSPS) is 11.8. The molecular formula is C52H46ClP3Ru. The quantitative estimate of drug-likeness (QED) is 0.0689. The van der Waals surface area contributed by atoms with Crippen molar-refractivity contribution < 1.29 is 17.3 Å². The van der Waals surface area contributed by atoms with Crippen molar-refractivity contribution >= 4 is 70.6 Å². The maximum Gasteiger partial charge on any atom is -0.0134 e. The van der Waals surface area contributed by atoms with E-state index in [4.69, 9.17) is 0 Å². The van der Waals surface area contributed by atoms with Crippen molar-refractivity contribution in [3.8, 4) is 0 Å². The number of hydrogen-bond donors (Lipinski definition) is 0. The molecule has 0 saturated heterocycles. The Balaban J connectivity index is 0.000000219. The van der Waals surface area contributed by atoms with Crippen LogP contribution >= 0.6 is 33.5 Å². The summed E-state index contributed by atoms with van der Waals surface area (Å²) in [7, 11) is 3.05. The summed E-state index contributed by atoms with van der Waals surface area (Å²) in [5.41, 5.74) is 3.50. The molecule has 0 fully saturated rings. The Hall–Kier alpha value is -4.04. The van der Waals surface area contributed by atoms with Gasteiger partial charge < -0.3 is 0 Å². The van der Waals surface area contributed by atoms with Crippen LogP contribution in [-0.4, -0.2) is 0 Å². The Labute approximate surface area is 358 Å². The smallest absolute Gasteiger partial charge is 0.0134 e. The van der Waals surface area contributed by atoms with E-state index in [-0.39, 0.29) is 0 Å². The Morgan fingerprint density at radius 3 is 0.789 bits per heavy atom. The van der Waals surface area contributed by atoms with Gasteiger partial charge in [0.2, 0.25) is 0 Å². The van der Waals surface area contributed by atoms with Crippen molar-refractivity contribution in [2.24, 2.45) is 0 Å². The maximum absolute atomic E-state index is 4.57. The van der Waals surface area contributed by atoms with Crippen molar-refractivity contribution in [3.05, 3.63) is 248 Å². The monoisotopic (exact) mass is 900 g/mol. The average Bonchev–Trinajstić information content (AvgIpc) is 3.30. The van der Waals surface area contributed by atoms with Crippen LogP contribution in [0.4, 0.5) is 0 Å². The van der Waals surface area contributed by atoms with Gasteiger partial charge in [-0.3, -0.25) is 0 Å². The average molecular weight is 900 g/mol. The van der Waals surface area contributed by atoms with E-state index in [1.807, 2.05) is 17.3 Å². The standard InChI is InChI=1S/C34H31P2.C18H15P.ClH.Ru/c1-27(35(31-18-7-3-8-19-31)32-20-9-4-10-21-32)29-16-15-17-30(26-29)28(2)36(33-22-11-5-12-23-33)34-24-13-6-14-25-34;1-4-10-16(11-5-1)19(17-12-6-2-7-13-17)18-14-8-3-9-15-18;;/h3-14,16-28H,1-2H3;1-15H;1H;/q-1;;;+2/p-1. The van der Waals surface area contributed by atoms with Crippen molar-refractivity contribution in [3.63, 3.8) is 0 Å². The van der Waals surface area contributed by atoms with Gasteiger partial charge in [0.25, 0.3) is 0 Å². The van der Waals surface area contributed by atoms with Gasteiger partial charge in [0.1, 0.15) is 0 Å². The van der Waals surface area contributed by atoms with E-state index in [9.17, 15) is 0 Å². The molecule has 0 heterocycles. The molecule has 8 aromatic carbocycles.